The van der Waals surface area contributed by atoms with Gasteiger partial charge in [-0.3, -0.25) is 4.79 Å². The van der Waals surface area contributed by atoms with Crippen LogP contribution in [0.15, 0.2) is 36.5 Å². The number of benzene rings is 1. The predicted molar refractivity (Wildman–Crippen MR) is 94.8 cm³/mol. The minimum atomic E-state index is -0.653. The smallest absolute Gasteiger partial charge is 0.359 e. The molecule has 0 saturated carbocycles. The van der Waals surface area contributed by atoms with Crippen LogP contribution in [0.4, 0.5) is 5.69 Å². The van der Waals surface area contributed by atoms with E-state index in [2.05, 4.69) is 4.98 Å². The predicted octanol–water partition coefficient (Wildman–Crippen LogP) is 3.05. The molecular formula is C19H22N2O4. The Hall–Kier alpha value is -2.89. The molecule has 2 N–H and O–H groups in total. The molecule has 0 amide bonds. The second kappa shape index (κ2) is 7.34. The molecule has 1 aromatic heterocycles. The van der Waals surface area contributed by atoms with E-state index in [9.17, 15) is 9.59 Å². The summed E-state index contributed by atoms with van der Waals surface area (Å²) in [6.07, 6.45) is 1.52. The van der Waals surface area contributed by atoms with Crippen LogP contribution in [-0.2, 0) is 11.2 Å². The first-order valence-corrected chi connectivity index (χ1v) is 7.85. The van der Waals surface area contributed by atoms with Crippen molar-refractivity contribution in [1.29, 1.82) is 0 Å². The molecule has 25 heavy (non-hydrogen) atoms. The molecule has 2 aromatic rings. The average molecular weight is 342 g/mol. The highest BCUT2D eigenvalue weighted by Crippen LogP contribution is 2.21. The highest BCUT2D eigenvalue weighted by Gasteiger charge is 2.22. The van der Waals surface area contributed by atoms with Crippen molar-refractivity contribution in [2.24, 2.45) is 0 Å². The van der Waals surface area contributed by atoms with E-state index in [0.717, 1.165) is 0 Å². The van der Waals surface area contributed by atoms with Gasteiger partial charge < -0.3 is 15.2 Å². The fourth-order valence-electron chi connectivity index (χ4n) is 2.21. The first-order valence-electron chi connectivity index (χ1n) is 7.85. The van der Waals surface area contributed by atoms with Crippen LogP contribution in [0.25, 0.3) is 0 Å². The Balaban J connectivity index is 2.21. The summed E-state index contributed by atoms with van der Waals surface area (Å²) in [5, 5.41) is 0. The number of nitrogen functional groups attached to an aromatic ring is 1. The third-order valence-corrected chi connectivity index (χ3v) is 3.44. The minimum absolute atomic E-state index is 0.0231. The molecule has 0 unspecified atom stereocenters. The Labute approximate surface area is 147 Å². The van der Waals surface area contributed by atoms with Gasteiger partial charge in [0.2, 0.25) is 0 Å². The van der Waals surface area contributed by atoms with Gasteiger partial charge in [-0.15, -0.1) is 0 Å². The number of hydrogen-bond donors (Lipinski definition) is 1. The van der Waals surface area contributed by atoms with Gasteiger partial charge in [-0.25, -0.2) is 9.78 Å². The molecule has 0 atom stereocenters. The van der Waals surface area contributed by atoms with E-state index in [1.54, 1.807) is 58.2 Å². The van der Waals surface area contributed by atoms with Crippen LogP contribution in [0, 0.1) is 0 Å². The van der Waals surface area contributed by atoms with Crippen molar-refractivity contribution in [3.63, 3.8) is 0 Å². The lowest BCUT2D eigenvalue weighted by Crippen LogP contribution is -2.25. The summed E-state index contributed by atoms with van der Waals surface area (Å²) in [6, 6.07) is 8.44. The molecule has 0 aliphatic carbocycles. The number of anilines is 1. The van der Waals surface area contributed by atoms with Crippen molar-refractivity contribution in [2.45, 2.75) is 32.8 Å². The molecule has 6 heteroatoms. The topological polar surface area (TPSA) is 91.5 Å². The Morgan fingerprint density at radius 3 is 2.32 bits per heavy atom. The average Bonchev–Trinajstić information content (AvgIpc) is 2.55. The van der Waals surface area contributed by atoms with Gasteiger partial charge in [-0.2, -0.15) is 0 Å². The van der Waals surface area contributed by atoms with Crippen LogP contribution in [0.1, 0.15) is 47.2 Å². The summed E-state index contributed by atoms with van der Waals surface area (Å²) in [5.41, 5.74) is 6.65. The van der Waals surface area contributed by atoms with Crippen LogP contribution in [0.2, 0.25) is 0 Å². The molecular weight excluding hydrogens is 320 g/mol. The van der Waals surface area contributed by atoms with Gasteiger partial charge >= 0.3 is 5.97 Å². The number of rotatable bonds is 5. The number of esters is 1. The Kier molecular flexibility index (Phi) is 5.41. The molecule has 0 aliphatic rings. The fourth-order valence-corrected chi connectivity index (χ4v) is 2.21. The maximum absolute atomic E-state index is 12.4. The lowest BCUT2D eigenvalue weighted by atomic mass is 10.0. The third-order valence-electron chi connectivity index (χ3n) is 3.44. The second-order valence-electron chi connectivity index (χ2n) is 6.56. The summed E-state index contributed by atoms with van der Waals surface area (Å²) >= 11 is 0. The normalized spacial score (nSPS) is 11.0. The van der Waals surface area contributed by atoms with Crippen LogP contribution < -0.4 is 10.5 Å². The molecule has 0 saturated heterocycles. The second-order valence-corrected chi connectivity index (χ2v) is 6.56. The Morgan fingerprint density at radius 2 is 1.76 bits per heavy atom. The van der Waals surface area contributed by atoms with E-state index in [-0.39, 0.29) is 23.6 Å². The van der Waals surface area contributed by atoms with Gasteiger partial charge in [-0.05, 0) is 56.7 Å². The molecule has 1 aromatic carbocycles. The zero-order valence-electron chi connectivity index (χ0n) is 14.8. The molecule has 0 spiro atoms. The standard InChI is InChI=1S/C19H22N2O4/c1-19(2,3)25-18(23)17-16(20)13(9-10-21-17)11-15(22)12-5-7-14(24-4)8-6-12/h5-10H,11,20H2,1-4H3. The van der Waals surface area contributed by atoms with E-state index in [0.29, 0.717) is 16.9 Å². The summed E-state index contributed by atoms with van der Waals surface area (Å²) in [7, 11) is 1.56. The van der Waals surface area contributed by atoms with Gasteiger partial charge in [0, 0.05) is 18.2 Å². The van der Waals surface area contributed by atoms with Gasteiger partial charge in [0.1, 0.15) is 11.4 Å². The number of ether oxygens (including phenoxy) is 2. The summed E-state index contributed by atoms with van der Waals surface area (Å²) in [5.74, 6) is -0.0494. The maximum Gasteiger partial charge on any atom is 0.359 e. The van der Waals surface area contributed by atoms with Crippen molar-refractivity contribution in [3.8, 4) is 5.75 Å². The SMILES string of the molecule is COc1ccc(C(=O)Cc2ccnc(C(=O)OC(C)(C)C)c2N)cc1. The Morgan fingerprint density at radius 1 is 1.12 bits per heavy atom. The minimum Gasteiger partial charge on any atom is -0.497 e. The zero-order valence-corrected chi connectivity index (χ0v) is 14.8. The van der Waals surface area contributed by atoms with Crippen molar-refractivity contribution < 1.29 is 19.1 Å². The maximum atomic E-state index is 12.4. The number of carbonyl (C=O) groups is 2. The van der Waals surface area contributed by atoms with E-state index in [1.165, 1.54) is 6.20 Å². The van der Waals surface area contributed by atoms with Crippen molar-refractivity contribution >= 4 is 17.4 Å². The van der Waals surface area contributed by atoms with Crippen LogP contribution >= 0.6 is 0 Å². The number of Topliss-reactive ketones (excluding diaryl/α,β-unsaturated/α-hetero) is 1. The zero-order chi connectivity index (χ0) is 18.6. The van der Waals surface area contributed by atoms with Crippen LogP contribution in [-0.4, -0.2) is 29.4 Å². The van der Waals surface area contributed by atoms with E-state index in [1.807, 2.05) is 0 Å². The highest BCUT2D eigenvalue weighted by molar-refractivity contribution is 6.00. The number of aromatic nitrogens is 1. The van der Waals surface area contributed by atoms with Crippen LogP contribution in [0.5, 0.6) is 5.75 Å². The van der Waals surface area contributed by atoms with Gasteiger partial charge in [0.25, 0.3) is 0 Å². The number of carbonyl (C=O) groups excluding carboxylic acids is 2. The number of methoxy groups -OCH3 is 1. The van der Waals surface area contributed by atoms with E-state index in [4.69, 9.17) is 15.2 Å². The molecule has 6 nitrogen and oxygen atoms in total. The number of hydrogen-bond acceptors (Lipinski definition) is 6. The lowest BCUT2D eigenvalue weighted by Gasteiger charge is -2.20. The molecule has 0 radical (unpaired) electrons. The quantitative estimate of drug-likeness (QED) is 0.663. The van der Waals surface area contributed by atoms with Crippen molar-refractivity contribution in [3.05, 3.63) is 53.3 Å². The molecule has 132 valence electrons. The molecule has 2 rings (SSSR count). The van der Waals surface area contributed by atoms with Gasteiger partial charge in [0.15, 0.2) is 11.5 Å². The molecule has 0 aliphatic heterocycles. The first-order chi connectivity index (χ1) is 11.7. The van der Waals surface area contributed by atoms with Gasteiger partial charge in [0.05, 0.1) is 12.8 Å². The number of ketones is 1. The van der Waals surface area contributed by atoms with Crippen LogP contribution in [0.3, 0.4) is 0 Å². The van der Waals surface area contributed by atoms with Crippen molar-refractivity contribution in [2.75, 3.05) is 12.8 Å². The third kappa shape index (κ3) is 4.79. The number of nitrogens with zero attached hydrogens (tertiary/aromatic N) is 1. The fraction of sp³-hybridized carbons (Fsp3) is 0.316. The van der Waals surface area contributed by atoms with Gasteiger partial charge in [-0.1, -0.05) is 0 Å². The largest absolute Gasteiger partial charge is 0.497 e. The summed E-state index contributed by atoms with van der Waals surface area (Å²) in [6.45, 7) is 5.29. The van der Waals surface area contributed by atoms with E-state index >= 15 is 0 Å². The summed E-state index contributed by atoms with van der Waals surface area (Å²) < 4.78 is 10.4. The van der Waals surface area contributed by atoms with Crippen molar-refractivity contribution in [1.82, 2.24) is 4.98 Å². The monoisotopic (exact) mass is 342 g/mol. The number of pyridine rings is 1. The molecule has 0 bridgehead atoms. The Bertz CT molecular complexity index is 777. The molecule has 1 heterocycles. The lowest BCUT2D eigenvalue weighted by molar-refractivity contribution is 0.00639. The highest BCUT2D eigenvalue weighted by atomic mass is 16.6. The van der Waals surface area contributed by atoms with E-state index < -0.39 is 11.6 Å². The summed E-state index contributed by atoms with van der Waals surface area (Å²) in [4.78, 5) is 28.6. The number of nitrogens with two attached hydrogens (primary N) is 1. The molecule has 0 fully saturated rings. The first kappa shape index (κ1) is 18.4.